The number of anilines is 1. The molecule has 0 aliphatic heterocycles. The predicted octanol–water partition coefficient (Wildman–Crippen LogP) is 2.98. The van der Waals surface area contributed by atoms with E-state index in [2.05, 4.69) is 5.32 Å². The van der Waals surface area contributed by atoms with Gasteiger partial charge >= 0.3 is 0 Å². The lowest BCUT2D eigenvalue weighted by atomic mass is 10.0. The molecule has 0 amide bonds. The summed E-state index contributed by atoms with van der Waals surface area (Å²) < 4.78 is 47.6. The number of nitrogens with one attached hydrogen (secondary N) is 1. The van der Waals surface area contributed by atoms with Crippen molar-refractivity contribution in [3.63, 3.8) is 0 Å². The van der Waals surface area contributed by atoms with Gasteiger partial charge in [-0.05, 0) is 43.2 Å². The molecule has 0 aliphatic carbocycles. The largest absolute Gasteiger partial charge is 0.377 e. The van der Waals surface area contributed by atoms with Crippen molar-refractivity contribution in [1.29, 1.82) is 0 Å². The van der Waals surface area contributed by atoms with Crippen LogP contribution in [0.1, 0.15) is 24.1 Å². The van der Waals surface area contributed by atoms with Crippen molar-refractivity contribution in [1.82, 2.24) is 0 Å². The van der Waals surface area contributed by atoms with Crippen LogP contribution < -0.4 is 5.32 Å². The molecule has 0 bridgehead atoms. The molecule has 1 N–H and O–H groups in total. The van der Waals surface area contributed by atoms with E-state index >= 15 is 0 Å². The van der Waals surface area contributed by atoms with Gasteiger partial charge in [-0.1, -0.05) is 24.3 Å². The van der Waals surface area contributed by atoms with Gasteiger partial charge in [0.2, 0.25) is 0 Å². The van der Waals surface area contributed by atoms with Crippen LogP contribution in [-0.2, 0) is 19.7 Å². The average Bonchev–Trinajstić information content (AvgIpc) is 2.45. The third-order valence-corrected chi connectivity index (χ3v) is 6.05. The maximum atomic E-state index is 12.1. The minimum Gasteiger partial charge on any atom is -0.377 e. The molecule has 0 radical (unpaired) electrons. The monoisotopic (exact) mass is 367 g/mol. The predicted molar refractivity (Wildman–Crippen MR) is 95.9 cm³/mol. The van der Waals surface area contributed by atoms with Gasteiger partial charge in [-0.25, -0.2) is 16.8 Å². The van der Waals surface area contributed by atoms with E-state index in [9.17, 15) is 16.8 Å². The van der Waals surface area contributed by atoms with Crippen LogP contribution in [0.4, 0.5) is 5.69 Å². The van der Waals surface area contributed by atoms with Gasteiger partial charge in [0.25, 0.3) is 0 Å². The highest BCUT2D eigenvalue weighted by molar-refractivity contribution is 7.91. The van der Waals surface area contributed by atoms with E-state index in [1.165, 1.54) is 18.2 Å². The van der Waals surface area contributed by atoms with Gasteiger partial charge < -0.3 is 5.32 Å². The highest BCUT2D eigenvalue weighted by Gasteiger charge is 2.19. The first-order chi connectivity index (χ1) is 11.0. The van der Waals surface area contributed by atoms with Crippen molar-refractivity contribution < 1.29 is 16.8 Å². The number of hydrogen-bond acceptors (Lipinski definition) is 5. The lowest BCUT2D eigenvalue weighted by molar-refractivity contribution is 0.600. The Labute approximate surface area is 143 Å². The van der Waals surface area contributed by atoms with Crippen molar-refractivity contribution in [2.24, 2.45) is 0 Å². The standard InChI is InChI=1S/C17H21NO4S2/c1-12-7-5-6-8-15(12)13(2)18-16-10-9-14(23(3,19)20)11-17(16)24(4,21)22/h5-11,13,18H,1-4H3. The summed E-state index contributed by atoms with van der Waals surface area (Å²) in [6.07, 6.45) is 2.12. The number of hydrogen-bond donors (Lipinski definition) is 1. The molecule has 2 aromatic carbocycles. The summed E-state index contributed by atoms with van der Waals surface area (Å²) in [7, 11) is -7.06. The first-order valence-electron chi connectivity index (χ1n) is 7.36. The molecule has 0 aliphatic rings. The normalized spacial score (nSPS) is 13.5. The first kappa shape index (κ1) is 18.5. The van der Waals surface area contributed by atoms with Crippen LogP contribution in [0.3, 0.4) is 0 Å². The molecule has 0 heterocycles. The fraction of sp³-hybridized carbons (Fsp3) is 0.294. The molecule has 0 fully saturated rings. The zero-order valence-corrected chi connectivity index (χ0v) is 15.7. The first-order valence-corrected chi connectivity index (χ1v) is 11.1. The maximum absolute atomic E-state index is 12.1. The van der Waals surface area contributed by atoms with E-state index in [0.29, 0.717) is 5.69 Å². The molecular weight excluding hydrogens is 346 g/mol. The highest BCUT2D eigenvalue weighted by Crippen LogP contribution is 2.29. The molecule has 0 saturated heterocycles. The fourth-order valence-electron chi connectivity index (χ4n) is 2.54. The average molecular weight is 367 g/mol. The van der Waals surface area contributed by atoms with Gasteiger partial charge in [0.05, 0.1) is 15.5 Å². The van der Waals surface area contributed by atoms with Gasteiger partial charge in [0.15, 0.2) is 19.7 Å². The second-order valence-electron chi connectivity index (χ2n) is 5.92. The van der Waals surface area contributed by atoms with Crippen LogP contribution in [0, 0.1) is 6.92 Å². The third-order valence-electron chi connectivity index (χ3n) is 3.81. The van der Waals surface area contributed by atoms with Crippen LogP contribution in [0.2, 0.25) is 0 Å². The summed E-state index contributed by atoms with van der Waals surface area (Å²) in [5.41, 5.74) is 2.52. The summed E-state index contributed by atoms with van der Waals surface area (Å²) in [5, 5.41) is 3.18. The van der Waals surface area contributed by atoms with E-state index in [4.69, 9.17) is 0 Å². The van der Waals surface area contributed by atoms with Crippen LogP contribution in [0.25, 0.3) is 0 Å². The molecule has 1 atom stereocenters. The third kappa shape index (κ3) is 4.15. The summed E-state index contributed by atoms with van der Waals surface area (Å²) in [5.74, 6) is 0. The molecule has 5 nitrogen and oxygen atoms in total. The molecule has 0 aromatic heterocycles. The van der Waals surface area contributed by atoms with Crippen LogP contribution in [-0.4, -0.2) is 29.3 Å². The molecule has 7 heteroatoms. The lowest BCUT2D eigenvalue weighted by Crippen LogP contribution is -2.12. The fourth-order valence-corrected chi connectivity index (χ4v) is 4.13. The number of sulfone groups is 2. The Bertz CT molecular complexity index is 964. The molecule has 130 valence electrons. The van der Waals surface area contributed by atoms with Gasteiger partial charge in [0, 0.05) is 18.6 Å². The van der Waals surface area contributed by atoms with Crippen molar-refractivity contribution in [3.8, 4) is 0 Å². The summed E-state index contributed by atoms with van der Waals surface area (Å²) in [6.45, 7) is 3.91. The van der Waals surface area contributed by atoms with E-state index < -0.39 is 19.7 Å². The minimum absolute atomic E-state index is 0.0166. The summed E-state index contributed by atoms with van der Waals surface area (Å²) in [4.78, 5) is -0.0390. The molecule has 1 unspecified atom stereocenters. The van der Waals surface area contributed by atoms with Crippen LogP contribution in [0.15, 0.2) is 52.3 Å². The molecule has 0 saturated carbocycles. The van der Waals surface area contributed by atoms with E-state index in [1.54, 1.807) is 0 Å². The van der Waals surface area contributed by atoms with Crippen molar-refractivity contribution in [2.45, 2.75) is 29.7 Å². The zero-order chi connectivity index (χ0) is 18.1. The van der Waals surface area contributed by atoms with Gasteiger partial charge in [-0.2, -0.15) is 0 Å². The van der Waals surface area contributed by atoms with Crippen LogP contribution >= 0.6 is 0 Å². The van der Waals surface area contributed by atoms with Gasteiger partial charge in [-0.15, -0.1) is 0 Å². The zero-order valence-electron chi connectivity index (χ0n) is 14.1. The Morgan fingerprint density at radius 1 is 0.917 bits per heavy atom. The smallest absolute Gasteiger partial charge is 0.177 e. The Hall–Kier alpha value is -1.86. The van der Waals surface area contributed by atoms with Crippen LogP contribution in [0.5, 0.6) is 0 Å². The second-order valence-corrected chi connectivity index (χ2v) is 9.92. The SMILES string of the molecule is Cc1ccccc1C(C)Nc1ccc(S(C)(=O)=O)cc1S(C)(=O)=O. The molecule has 2 aromatic rings. The topological polar surface area (TPSA) is 80.3 Å². The van der Waals surface area contributed by atoms with E-state index in [1.807, 2.05) is 38.1 Å². The van der Waals surface area contributed by atoms with Crippen molar-refractivity contribution in [2.75, 3.05) is 17.8 Å². The quantitative estimate of drug-likeness (QED) is 0.879. The second kappa shape index (κ2) is 6.57. The molecule has 2 rings (SSSR count). The Kier molecular flexibility index (Phi) is 5.05. The molecule has 24 heavy (non-hydrogen) atoms. The van der Waals surface area contributed by atoms with E-state index in [-0.39, 0.29) is 15.8 Å². The number of benzene rings is 2. The molecule has 0 spiro atoms. The van der Waals surface area contributed by atoms with E-state index in [0.717, 1.165) is 23.6 Å². The highest BCUT2D eigenvalue weighted by atomic mass is 32.2. The Balaban J connectivity index is 2.49. The van der Waals surface area contributed by atoms with Crippen molar-refractivity contribution in [3.05, 3.63) is 53.6 Å². The summed E-state index contributed by atoms with van der Waals surface area (Å²) >= 11 is 0. The summed E-state index contributed by atoms with van der Waals surface area (Å²) in [6, 6.07) is 11.8. The minimum atomic E-state index is -3.58. The maximum Gasteiger partial charge on any atom is 0.177 e. The number of aryl methyl sites for hydroxylation is 1. The van der Waals surface area contributed by atoms with Gasteiger partial charge in [0.1, 0.15) is 0 Å². The molecular formula is C17H21NO4S2. The Morgan fingerprint density at radius 2 is 1.54 bits per heavy atom. The Morgan fingerprint density at radius 3 is 2.08 bits per heavy atom. The van der Waals surface area contributed by atoms with Gasteiger partial charge in [-0.3, -0.25) is 0 Å². The van der Waals surface area contributed by atoms with Crippen molar-refractivity contribution >= 4 is 25.4 Å². The number of rotatable bonds is 5. The lowest BCUT2D eigenvalue weighted by Gasteiger charge is -2.20.